The van der Waals surface area contributed by atoms with Gasteiger partial charge in [-0.2, -0.15) is 10.2 Å². The van der Waals surface area contributed by atoms with Crippen LogP contribution in [0.1, 0.15) is 32.0 Å². The Balaban J connectivity index is 0.000000736. The largest absolute Gasteiger partial charge is 0.385 e. The molecule has 1 fully saturated rings. The zero-order valence-electron chi connectivity index (χ0n) is 26.6. The van der Waals surface area contributed by atoms with Gasteiger partial charge in [0.2, 0.25) is 0 Å². The Kier molecular flexibility index (Phi) is 21.3. The maximum Gasteiger partial charge on any atom is 0.142 e. The lowest BCUT2D eigenvalue weighted by Crippen LogP contribution is -2.31. The number of aldehydes is 1. The fourth-order valence-electron chi connectivity index (χ4n) is 3.68. The number of hydrogen-bond donors (Lipinski definition) is 2. The van der Waals surface area contributed by atoms with E-state index in [1.54, 1.807) is 25.5 Å². The van der Waals surface area contributed by atoms with E-state index in [0.717, 1.165) is 54.3 Å². The van der Waals surface area contributed by atoms with Crippen molar-refractivity contribution in [3.8, 4) is 18.0 Å². The number of methoxy groups -OCH3 is 1. The highest BCUT2D eigenvalue weighted by Gasteiger charge is 2.21. The second kappa shape index (κ2) is 23.6. The number of terminal acetylenes is 1. The number of aromatic nitrogens is 2. The van der Waals surface area contributed by atoms with Crippen LogP contribution in [0.2, 0.25) is 0 Å². The lowest BCUT2D eigenvalue weighted by molar-refractivity contribution is -0.118. The molecule has 1 aliphatic rings. The van der Waals surface area contributed by atoms with Gasteiger partial charge in [-0.15, -0.1) is 6.42 Å². The monoisotopic (exact) mass is 578 g/mol. The predicted molar refractivity (Wildman–Crippen MR) is 176 cm³/mol. The third-order valence-electron chi connectivity index (χ3n) is 5.43. The summed E-state index contributed by atoms with van der Waals surface area (Å²) in [6.07, 6.45) is 16.0. The molecule has 1 aromatic heterocycles. The van der Waals surface area contributed by atoms with Gasteiger partial charge in [0, 0.05) is 58.7 Å². The summed E-state index contributed by atoms with van der Waals surface area (Å²) in [7, 11) is 7.45. The molecule has 1 saturated heterocycles. The van der Waals surface area contributed by atoms with Crippen LogP contribution in [0.25, 0.3) is 11.3 Å². The number of para-hydroxylation sites is 1. The minimum absolute atomic E-state index is 0.374. The summed E-state index contributed by atoms with van der Waals surface area (Å²) in [5, 5.41) is 13.0. The molecule has 0 amide bonds. The van der Waals surface area contributed by atoms with E-state index in [-0.39, 0.29) is 0 Å². The first-order valence-electron chi connectivity index (χ1n) is 14.0. The Morgan fingerprint density at radius 3 is 2.50 bits per heavy atom. The molecule has 2 N–H and O–H groups in total. The van der Waals surface area contributed by atoms with E-state index in [0.29, 0.717) is 12.6 Å². The number of rotatable bonds is 11. The molecule has 0 aliphatic carbocycles. The SMILES string of the molecule is C#C/C=C\C.C=CN[C@H]1CON(CCOC)C1.CC.CNc1c(C)c(C(/C=C\C=O)=C/N(C)C)nn1-c1ccccc1. The number of hydrogen-bond acceptors (Lipinski definition) is 8. The van der Waals surface area contributed by atoms with Crippen molar-refractivity contribution in [1.29, 1.82) is 0 Å². The van der Waals surface area contributed by atoms with Crippen LogP contribution in [-0.2, 0) is 14.4 Å². The molecule has 1 atom stereocenters. The number of carbonyl (C=O) groups is 1. The van der Waals surface area contributed by atoms with E-state index in [4.69, 9.17) is 21.1 Å². The second-order valence-corrected chi connectivity index (χ2v) is 8.77. The standard InChI is InChI=1S/C18H22N4O.C8H16N2O2.C5H6.C2H6/c1-14-17(15(9-8-12-23)13-21(3)4)20-22(18(14)19-2)16-10-6-5-7-11-16;1-3-9-8-6-10(12-7-8)4-5-11-2;1-3-5-4-2;1-2/h5-13,19H,1-4H3;3,8-9H,1,4-7H2,2H3;1,4-5H,2H3;1-2H3/b9-8-,15-13+;;5-4-;/t;8-;;/m.1../s1. The van der Waals surface area contributed by atoms with E-state index >= 15 is 0 Å². The van der Waals surface area contributed by atoms with Crippen LogP contribution in [0, 0.1) is 19.3 Å². The van der Waals surface area contributed by atoms with Crippen LogP contribution < -0.4 is 10.6 Å². The average molecular weight is 579 g/mol. The van der Waals surface area contributed by atoms with Crippen molar-refractivity contribution in [3.05, 3.63) is 84.9 Å². The van der Waals surface area contributed by atoms with E-state index in [9.17, 15) is 4.79 Å². The lowest BCUT2D eigenvalue weighted by atomic mass is 10.1. The summed E-state index contributed by atoms with van der Waals surface area (Å²) < 4.78 is 6.81. The molecular formula is C33H50N6O3. The molecule has 230 valence electrons. The molecule has 1 aliphatic heterocycles. The summed E-state index contributed by atoms with van der Waals surface area (Å²) in [4.78, 5) is 18.0. The first-order valence-corrected chi connectivity index (χ1v) is 14.0. The van der Waals surface area contributed by atoms with Gasteiger partial charge in [0.15, 0.2) is 0 Å². The van der Waals surface area contributed by atoms with Crippen LogP contribution in [-0.4, -0.2) is 86.6 Å². The smallest absolute Gasteiger partial charge is 0.142 e. The Labute approximate surface area is 253 Å². The minimum atomic E-state index is 0.374. The second-order valence-electron chi connectivity index (χ2n) is 8.77. The third kappa shape index (κ3) is 14.0. The number of nitrogens with zero attached hydrogens (tertiary/aromatic N) is 4. The van der Waals surface area contributed by atoms with Crippen LogP contribution in [0.5, 0.6) is 0 Å². The third-order valence-corrected chi connectivity index (χ3v) is 5.43. The van der Waals surface area contributed by atoms with Gasteiger partial charge < -0.3 is 20.3 Å². The van der Waals surface area contributed by atoms with Gasteiger partial charge >= 0.3 is 0 Å². The zero-order valence-corrected chi connectivity index (χ0v) is 26.6. The molecule has 9 heteroatoms. The van der Waals surface area contributed by atoms with Gasteiger partial charge in [0.05, 0.1) is 30.6 Å². The van der Waals surface area contributed by atoms with Crippen LogP contribution in [0.15, 0.2) is 73.6 Å². The van der Waals surface area contributed by atoms with Crippen LogP contribution in [0.4, 0.5) is 5.82 Å². The van der Waals surface area contributed by atoms with Crippen molar-refractivity contribution in [3.63, 3.8) is 0 Å². The molecule has 42 heavy (non-hydrogen) atoms. The molecule has 2 aromatic rings. The molecule has 9 nitrogen and oxygen atoms in total. The summed E-state index contributed by atoms with van der Waals surface area (Å²) in [5.74, 6) is 3.26. The van der Waals surface area contributed by atoms with Gasteiger partial charge in [-0.05, 0) is 50.4 Å². The summed E-state index contributed by atoms with van der Waals surface area (Å²) in [6.45, 7) is 14.7. The highest BCUT2D eigenvalue weighted by molar-refractivity contribution is 5.80. The molecule has 3 rings (SSSR count). The Morgan fingerprint density at radius 1 is 1.31 bits per heavy atom. The Hall–Kier alpha value is -4.10. The molecule has 0 spiro atoms. The predicted octanol–water partition coefficient (Wildman–Crippen LogP) is 5.08. The highest BCUT2D eigenvalue weighted by Crippen LogP contribution is 2.28. The molecule has 1 aromatic carbocycles. The topological polar surface area (TPSA) is 83.9 Å². The summed E-state index contributed by atoms with van der Waals surface area (Å²) >= 11 is 0. The van der Waals surface area contributed by atoms with Crippen LogP contribution in [0.3, 0.4) is 0 Å². The normalized spacial score (nSPS) is 14.5. The van der Waals surface area contributed by atoms with Crippen molar-refractivity contribution in [2.24, 2.45) is 0 Å². The quantitative estimate of drug-likeness (QED) is 0.165. The molecule has 0 radical (unpaired) electrons. The van der Waals surface area contributed by atoms with E-state index in [1.807, 2.05) is 106 Å². The van der Waals surface area contributed by atoms with Gasteiger partial charge in [-0.1, -0.05) is 50.6 Å². The van der Waals surface area contributed by atoms with Crippen molar-refractivity contribution in [2.45, 2.75) is 33.7 Å². The zero-order chi connectivity index (χ0) is 31.8. The number of allylic oxidation sites excluding steroid dienone is 5. The number of ether oxygens (including phenoxy) is 1. The Bertz CT molecular complexity index is 1150. The summed E-state index contributed by atoms with van der Waals surface area (Å²) in [5.41, 5.74) is 3.73. The highest BCUT2D eigenvalue weighted by atomic mass is 16.7. The number of hydroxylamine groups is 2. The Morgan fingerprint density at radius 2 is 2.00 bits per heavy atom. The van der Waals surface area contributed by atoms with Gasteiger partial charge in [0.25, 0.3) is 0 Å². The lowest BCUT2D eigenvalue weighted by Gasteiger charge is -2.12. The number of carbonyl (C=O) groups excluding carboxylic acids is 1. The first kappa shape index (κ1) is 37.9. The fraction of sp³-hybridized carbons (Fsp3) is 0.394. The maximum atomic E-state index is 10.7. The van der Waals surface area contributed by atoms with Crippen molar-refractivity contribution >= 4 is 17.7 Å². The molecule has 0 bridgehead atoms. The van der Waals surface area contributed by atoms with Crippen molar-refractivity contribution < 1.29 is 14.4 Å². The van der Waals surface area contributed by atoms with Gasteiger partial charge in [-0.3, -0.25) is 9.63 Å². The number of nitrogens with one attached hydrogen (secondary N) is 2. The summed E-state index contributed by atoms with van der Waals surface area (Å²) in [6, 6.07) is 10.3. The molecule has 0 saturated carbocycles. The average Bonchev–Trinajstić information content (AvgIpc) is 3.60. The van der Waals surface area contributed by atoms with Gasteiger partial charge in [-0.25, -0.2) is 4.68 Å². The maximum absolute atomic E-state index is 10.7. The molecular weight excluding hydrogens is 528 g/mol. The molecule has 2 heterocycles. The first-order chi connectivity index (χ1) is 20.4. The number of anilines is 1. The van der Waals surface area contributed by atoms with Crippen molar-refractivity contribution in [1.82, 2.24) is 25.1 Å². The van der Waals surface area contributed by atoms with Crippen LogP contribution >= 0.6 is 0 Å². The minimum Gasteiger partial charge on any atom is -0.385 e. The fourth-order valence-corrected chi connectivity index (χ4v) is 3.68. The van der Waals surface area contributed by atoms with E-state index in [1.165, 1.54) is 6.08 Å². The van der Waals surface area contributed by atoms with E-state index < -0.39 is 0 Å². The number of benzene rings is 1. The van der Waals surface area contributed by atoms with Crippen molar-refractivity contribution in [2.75, 3.05) is 59.9 Å². The van der Waals surface area contributed by atoms with Gasteiger partial charge in [0.1, 0.15) is 12.1 Å². The van der Waals surface area contributed by atoms with E-state index in [2.05, 4.69) is 23.1 Å². The molecule has 0 unspecified atom stereocenters.